The molecule has 0 aliphatic carbocycles. The number of halogens is 1. The summed E-state index contributed by atoms with van der Waals surface area (Å²) in [6.07, 6.45) is -1.02. The van der Waals surface area contributed by atoms with Crippen molar-refractivity contribution in [2.24, 2.45) is 0 Å². The Morgan fingerprint density at radius 2 is 1.69 bits per heavy atom. The van der Waals surface area contributed by atoms with Gasteiger partial charge in [-0.25, -0.2) is 9.59 Å². The predicted molar refractivity (Wildman–Crippen MR) is 123 cm³/mol. The smallest absolute Gasteiger partial charge is 0.411 e. The van der Waals surface area contributed by atoms with Crippen LogP contribution in [0.1, 0.15) is 52.2 Å². The molecule has 0 aromatic heterocycles. The Morgan fingerprint density at radius 1 is 1.03 bits per heavy atom. The van der Waals surface area contributed by atoms with Crippen LogP contribution in [0.5, 0.6) is 5.75 Å². The Balaban J connectivity index is 1.76. The molecule has 2 aromatic rings. The van der Waals surface area contributed by atoms with Crippen molar-refractivity contribution in [3.8, 4) is 5.75 Å². The maximum Gasteiger partial charge on any atom is 0.411 e. The van der Waals surface area contributed by atoms with Crippen molar-refractivity contribution < 1.29 is 24.2 Å². The third kappa shape index (κ3) is 5.36. The summed E-state index contributed by atoms with van der Waals surface area (Å²) in [6, 6.07) is 14.8. The first-order valence-electron chi connectivity index (χ1n) is 10.6. The van der Waals surface area contributed by atoms with Crippen LogP contribution < -0.4 is 4.74 Å². The highest BCUT2D eigenvalue weighted by Crippen LogP contribution is 2.37. The number of hydrogen-bond acceptors (Lipinski definition) is 4. The molecule has 1 saturated heterocycles. The number of benzene rings is 2. The van der Waals surface area contributed by atoms with Crippen LogP contribution in [0.25, 0.3) is 0 Å². The molecule has 1 aliphatic heterocycles. The average Bonchev–Trinajstić information content (AvgIpc) is 3.13. The summed E-state index contributed by atoms with van der Waals surface area (Å²) in [5, 5.41) is 10.0. The summed E-state index contributed by atoms with van der Waals surface area (Å²) in [5.74, 6) is -0.632. The van der Waals surface area contributed by atoms with Crippen molar-refractivity contribution in [1.82, 2.24) is 4.90 Å². The fourth-order valence-corrected chi connectivity index (χ4v) is 4.05. The zero-order valence-corrected chi connectivity index (χ0v) is 19.8. The topological polar surface area (TPSA) is 76.1 Å². The van der Waals surface area contributed by atoms with E-state index in [1.165, 1.54) is 4.90 Å². The normalized spacial score (nSPS) is 19.0. The monoisotopic (exact) mass is 459 g/mol. The van der Waals surface area contributed by atoms with Gasteiger partial charge in [-0.1, -0.05) is 61.8 Å². The molecule has 1 aliphatic rings. The molecule has 7 heteroatoms. The van der Waals surface area contributed by atoms with Crippen LogP contribution in [0.15, 0.2) is 48.5 Å². The van der Waals surface area contributed by atoms with E-state index in [0.29, 0.717) is 10.8 Å². The molecule has 1 fully saturated rings. The van der Waals surface area contributed by atoms with E-state index < -0.39 is 29.8 Å². The lowest BCUT2D eigenvalue weighted by Crippen LogP contribution is -2.43. The van der Waals surface area contributed by atoms with Crippen LogP contribution >= 0.6 is 11.6 Å². The summed E-state index contributed by atoms with van der Waals surface area (Å²) >= 11 is 6.54. The van der Waals surface area contributed by atoms with Gasteiger partial charge in [-0.2, -0.15) is 0 Å². The van der Waals surface area contributed by atoms with Gasteiger partial charge in [0.2, 0.25) is 0 Å². The minimum Gasteiger partial charge on any atom is -0.487 e. The molecule has 32 heavy (non-hydrogen) atoms. The molecule has 0 spiro atoms. The van der Waals surface area contributed by atoms with Crippen LogP contribution in [-0.4, -0.2) is 46.4 Å². The van der Waals surface area contributed by atoms with Gasteiger partial charge < -0.3 is 14.6 Å². The van der Waals surface area contributed by atoms with Crippen LogP contribution in [0.4, 0.5) is 4.79 Å². The second-order valence-electron chi connectivity index (χ2n) is 9.60. The van der Waals surface area contributed by atoms with Crippen molar-refractivity contribution in [2.45, 2.75) is 64.2 Å². The molecule has 0 saturated carbocycles. The molecule has 1 N–H and O–H groups in total. The average molecular weight is 460 g/mol. The number of carbonyl (C=O) groups excluding carboxylic acids is 1. The van der Waals surface area contributed by atoms with Gasteiger partial charge >= 0.3 is 12.1 Å². The quantitative estimate of drug-likeness (QED) is 0.638. The van der Waals surface area contributed by atoms with Crippen LogP contribution in [0.3, 0.4) is 0 Å². The highest BCUT2D eigenvalue weighted by atomic mass is 35.5. The van der Waals surface area contributed by atoms with E-state index in [1.54, 1.807) is 26.8 Å². The summed E-state index contributed by atoms with van der Waals surface area (Å²) in [4.78, 5) is 25.4. The number of likely N-dealkylation sites (tertiary alicyclic amines) is 1. The number of carbonyl (C=O) groups is 2. The standard InChI is InChI=1S/C25H30ClNO5/c1-24(2,3)32-23(30)27-15-18(14-20(27)22(28)29)31-21-12-11-17(13-19(21)26)25(4,5)16-9-7-6-8-10-16/h6-13,18,20H,14-15H2,1-5H3,(H,28,29)/t18-,20-/m0/s1. The first-order valence-corrected chi connectivity index (χ1v) is 11.0. The SMILES string of the molecule is CC(C)(C)OC(=O)N1C[C@@H](Oc2ccc(C(C)(C)c3ccccc3)cc2Cl)C[C@H]1C(=O)O. The first kappa shape index (κ1) is 23.9. The number of rotatable bonds is 5. The maximum absolute atomic E-state index is 12.5. The van der Waals surface area contributed by atoms with E-state index in [4.69, 9.17) is 21.1 Å². The molecule has 172 valence electrons. The number of amides is 1. The Labute approximate surface area is 194 Å². The van der Waals surface area contributed by atoms with Crippen LogP contribution in [-0.2, 0) is 14.9 Å². The summed E-state index contributed by atoms with van der Waals surface area (Å²) in [7, 11) is 0. The minimum atomic E-state index is -1.09. The van der Waals surface area contributed by atoms with E-state index in [9.17, 15) is 14.7 Å². The molecule has 0 radical (unpaired) electrons. The molecule has 2 aromatic carbocycles. The molecule has 0 bridgehead atoms. The third-order valence-electron chi connectivity index (χ3n) is 5.62. The highest BCUT2D eigenvalue weighted by Gasteiger charge is 2.43. The molecule has 3 rings (SSSR count). The van der Waals surface area contributed by atoms with Gasteiger partial charge in [0.05, 0.1) is 11.6 Å². The number of aliphatic carboxylic acids is 1. The van der Waals surface area contributed by atoms with E-state index >= 15 is 0 Å². The van der Waals surface area contributed by atoms with E-state index in [1.807, 2.05) is 30.3 Å². The predicted octanol–water partition coefficient (Wildman–Crippen LogP) is 5.51. The van der Waals surface area contributed by atoms with Crippen LogP contribution in [0.2, 0.25) is 5.02 Å². The maximum atomic E-state index is 12.5. The third-order valence-corrected chi connectivity index (χ3v) is 5.91. The van der Waals surface area contributed by atoms with Gasteiger partial charge in [0, 0.05) is 11.8 Å². The van der Waals surface area contributed by atoms with Gasteiger partial charge in [-0.15, -0.1) is 0 Å². The van der Waals surface area contributed by atoms with Crippen molar-refractivity contribution in [2.75, 3.05) is 6.54 Å². The Hall–Kier alpha value is -2.73. The van der Waals surface area contributed by atoms with Crippen molar-refractivity contribution >= 4 is 23.7 Å². The number of ether oxygens (including phenoxy) is 2. The molecular weight excluding hydrogens is 430 g/mol. The zero-order chi connectivity index (χ0) is 23.7. The van der Waals surface area contributed by atoms with Crippen LogP contribution in [0, 0.1) is 0 Å². The number of carboxylic acid groups (broad SMARTS) is 1. The van der Waals surface area contributed by atoms with E-state index in [-0.39, 0.29) is 18.4 Å². The van der Waals surface area contributed by atoms with Gasteiger partial charge in [0.15, 0.2) is 0 Å². The molecule has 6 nitrogen and oxygen atoms in total. The lowest BCUT2D eigenvalue weighted by atomic mass is 9.78. The van der Waals surface area contributed by atoms with Crippen molar-refractivity contribution in [3.05, 3.63) is 64.7 Å². The molecule has 1 heterocycles. The van der Waals surface area contributed by atoms with E-state index in [0.717, 1.165) is 11.1 Å². The van der Waals surface area contributed by atoms with Gasteiger partial charge in [0.1, 0.15) is 23.5 Å². The lowest BCUT2D eigenvalue weighted by molar-refractivity contribution is -0.142. The summed E-state index contributed by atoms with van der Waals surface area (Å²) < 4.78 is 11.4. The molecule has 1 amide bonds. The number of carboxylic acids is 1. The molecule has 2 atom stereocenters. The summed E-state index contributed by atoms with van der Waals surface area (Å²) in [5.41, 5.74) is 1.23. The second kappa shape index (κ2) is 9.02. The zero-order valence-electron chi connectivity index (χ0n) is 19.1. The van der Waals surface area contributed by atoms with E-state index in [2.05, 4.69) is 26.0 Å². The highest BCUT2D eigenvalue weighted by molar-refractivity contribution is 6.32. The Bertz CT molecular complexity index is 984. The molecular formula is C25H30ClNO5. The second-order valence-corrected chi connectivity index (χ2v) is 10.0. The van der Waals surface area contributed by atoms with Crippen molar-refractivity contribution in [1.29, 1.82) is 0 Å². The number of hydrogen-bond donors (Lipinski definition) is 1. The van der Waals surface area contributed by atoms with Crippen molar-refractivity contribution in [3.63, 3.8) is 0 Å². The van der Waals surface area contributed by atoms with Gasteiger partial charge in [-0.3, -0.25) is 4.90 Å². The molecule has 0 unspecified atom stereocenters. The minimum absolute atomic E-state index is 0.111. The fraction of sp³-hybridized carbons (Fsp3) is 0.440. The first-order chi connectivity index (χ1) is 14.9. The Kier molecular flexibility index (Phi) is 6.75. The van der Waals surface area contributed by atoms with Gasteiger partial charge in [0.25, 0.3) is 0 Å². The fourth-order valence-electron chi connectivity index (χ4n) is 3.83. The van der Waals surface area contributed by atoms with Gasteiger partial charge in [-0.05, 0) is 44.0 Å². The lowest BCUT2D eigenvalue weighted by Gasteiger charge is -2.27. The Morgan fingerprint density at radius 3 is 2.25 bits per heavy atom. The largest absolute Gasteiger partial charge is 0.487 e. The number of nitrogens with zero attached hydrogens (tertiary/aromatic N) is 1. The summed E-state index contributed by atoms with van der Waals surface area (Å²) in [6.45, 7) is 9.58.